The van der Waals surface area contributed by atoms with Crippen LogP contribution in [-0.4, -0.2) is 23.1 Å². The molecule has 4 aromatic rings. The Hall–Kier alpha value is -4.26. The quantitative estimate of drug-likeness (QED) is 0.256. The Labute approximate surface area is 226 Å². The summed E-state index contributed by atoms with van der Waals surface area (Å²) >= 11 is 13.5. The van der Waals surface area contributed by atoms with Crippen LogP contribution in [0.4, 0.5) is 11.4 Å². The minimum Gasteiger partial charge on any atom is -0.397 e. The van der Waals surface area contributed by atoms with E-state index in [1.165, 1.54) is 0 Å². The molecule has 0 atom stereocenters. The molecule has 8 heteroatoms. The van der Waals surface area contributed by atoms with Crippen LogP contribution in [0.1, 0.15) is 85.9 Å². The van der Waals surface area contributed by atoms with E-state index in [0.29, 0.717) is 22.3 Å². The fourth-order valence-electron chi connectivity index (χ4n) is 6.06. The van der Waals surface area contributed by atoms with Crippen molar-refractivity contribution in [3.63, 3.8) is 0 Å². The fraction of sp³-hybridized carbons (Fsp3) is 0.0667. The maximum atomic E-state index is 13.7. The third-order valence-electron chi connectivity index (χ3n) is 7.82. The molecule has 0 saturated heterocycles. The fourth-order valence-corrected chi connectivity index (χ4v) is 6.62. The van der Waals surface area contributed by atoms with E-state index in [9.17, 15) is 19.2 Å². The summed E-state index contributed by atoms with van der Waals surface area (Å²) in [7, 11) is 0. The molecule has 0 bridgehead atoms. The first-order valence-electron chi connectivity index (χ1n) is 11.8. The summed E-state index contributed by atoms with van der Waals surface area (Å²) in [6, 6.07) is 13.1. The van der Waals surface area contributed by atoms with Crippen LogP contribution in [0.5, 0.6) is 0 Å². The Morgan fingerprint density at radius 2 is 0.763 bits per heavy atom. The van der Waals surface area contributed by atoms with Crippen LogP contribution < -0.4 is 11.5 Å². The highest BCUT2D eigenvalue weighted by molar-refractivity contribution is 6.40. The van der Waals surface area contributed by atoms with Crippen molar-refractivity contribution in [3.8, 4) is 0 Å². The number of halogens is 2. The van der Waals surface area contributed by atoms with Gasteiger partial charge < -0.3 is 11.5 Å². The molecule has 3 aliphatic carbocycles. The lowest BCUT2D eigenvalue weighted by molar-refractivity contribution is 0.0978. The molecule has 4 aromatic carbocycles. The SMILES string of the molecule is Nc1c(Cl)c2c(c3c1C(=O)c1ccccc1C3=O)Cc1c(Cl)c(N)c3c(c1C2)C(=O)c1ccccc1C3=O. The Morgan fingerprint density at radius 3 is 1.08 bits per heavy atom. The number of hydrogen-bond acceptors (Lipinski definition) is 6. The van der Waals surface area contributed by atoms with E-state index in [0.717, 1.165) is 0 Å². The first-order valence-corrected chi connectivity index (χ1v) is 12.6. The van der Waals surface area contributed by atoms with Crippen LogP contribution in [0.2, 0.25) is 10.0 Å². The second-order valence-corrected chi connectivity index (χ2v) is 10.4. The summed E-state index contributed by atoms with van der Waals surface area (Å²) in [4.78, 5) is 54.3. The van der Waals surface area contributed by atoms with Crippen molar-refractivity contribution in [1.82, 2.24) is 0 Å². The zero-order valence-electron chi connectivity index (χ0n) is 19.6. The number of anilines is 2. The van der Waals surface area contributed by atoms with Gasteiger partial charge in [-0.3, -0.25) is 19.2 Å². The normalized spacial score (nSPS) is 14.8. The minimum atomic E-state index is -0.378. The smallest absolute Gasteiger partial charge is 0.196 e. The number of ketones is 4. The van der Waals surface area contributed by atoms with Crippen LogP contribution in [0, 0.1) is 0 Å². The van der Waals surface area contributed by atoms with Crippen LogP contribution in [0.25, 0.3) is 0 Å². The Bertz CT molecular complexity index is 1750. The van der Waals surface area contributed by atoms with Crippen molar-refractivity contribution in [3.05, 3.63) is 125 Å². The van der Waals surface area contributed by atoms with Crippen molar-refractivity contribution in [2.75, 3.05) is 11.5 Å². The molecule has 0 heterocycles. The highest BCUT2D eigenvalue weighted by Crippen LogP contribution is 2.48. The number of hydrogen-bond donors (Lipinski definition) is 2. The van der Waals surface area contributed by atoms with Crippen molar-refractivity contribution >= 4 is 57.7 Å². The molecular weight excluding hydrogens is 523 g/mol. The van der Waals surface area contributed by atoms with Gasteiger partial charge in [0, 0.05) is 46.2 Å². The van der Waals surface area contributed by atoms with Gasteiger partial charge in [-0.1, -0.05) is 71.7 Å². The first kappa shape index (κ1) is 22.9. The van der Waals surface area contributed by atoms with E-state index >= 15 is 0 Å². The molecule has 0 radical (unpaired) electrons. The molecule has 38 heavy (non-hydrogen) atoms. The number of nitrogens with two attached hydrogens (primary N) is 2. The van der Waals surface area contributed by atoms with E-state index in [4.69, 9.17) is 34.7 Å². The maximum Gasteiger partial charge on any atom is 0.196 e. The largest absolute Gasteiger partial charge is 0.397 e. The van der Waals surface area contributed by atoms with Crippen molar-refractivity contribution < 1.29 is 19.2 Å². The Balaban J connectivity index is 1.51. The van der Waals surface area contributed by atoms with Crippen LogP contribution in [-0.2, 0) is 12.8 Å². The van der Waals surface area contributed by atoms with Gasteiger partial charge in [0.25, 0.3) is 0 Å². The molecule has 0 unspecified atom stereocenters. The molecule has 4 N–H and O–H groups in total. The molecule has 184 valence electrons. The summed E-state index contributed by atoms with van der Waals surface area (Å²) < 4.78 is 0. The molecule has 0 saturated carbocycles. The number of carbonyl (C=O) groups excluding carboxylic acids is 4. The van der Waals surface area contributed by atoms with Gasteiger partial charge in [-0.15, -0.1) is 0 Å². The average Bonchev–Trinajstić information content (AvgIpc) is 2.93. The minimum absolute atomic E-state index is 0.0138. The van der Waals surface area contributed by atoms with E-state index in [2.05, 4.69) is 0 Å². The number of rotatable bonds is 0. The standard InChI is InChI=1S/C30H16Cl2N2O4/c31-23-17-10-16-18(24(32)26(34)22-20(16)28(36)12-6-2-4-8-14(12)30(22)38)9-15(17)19-21(25(23)33)29(37)13-7-3-1-5-11(13)27(19)35/h1-8H,9-10,33-34H2. The second kappa shape index (κ2) is 7.63. The zero-order chi connectivity index (χ0) is 26.6. The zero-order valence-corrected chi connectivity index (χ0v) is 21.1. The molecule has 0 aromatic heterocycles. The summed E-state index contributed by atoms with van der Waals surface area (Å²) in [5.41, 5.74) is 16.5. The lowest BCUT2D eigenvalue weighted by Gasteiger charge is -2.32. The third-order valence-corrected chi connectivity index (χ3v) is 8.69. The van der Waals surface area contributed by atoms with E-state index < -0.39 is 0 Å². The van der Waals surface area contributed by atoms with Gasteiger partial charge in [0.1, 0.15) is 0 Å². The number of carbonyl (C=O) groups is 4. The monoisotopic (exact) mass is 538 g/mol. The lowest BCUT2D eigenvalue weighted by Crippen LogP contribution is -2.29. The predicted molar refractivity (Wildman–Crippen MR) is 144 cm³/mol. The van der Waals surface area contributed by atoms with Crippen LogP contribution >= 0.6 is 23.2 Å². The third kappa shape index (κ3) is 2.68. The highest BCUT2D eigenvalue weighted by atomic mass is 35.5. The van der Waals surface area contributed by atoms with Crippen LogP contribution in [0.3, 0.4) is 0 Å². The van der Waals surface area contributed by atoms with Crippen LogP contribution in [0.15, 0.2) is 48.5 Å². The van der Waals surface area contributed by atoms with E-state index in [1.54, 1.807) is 48.5 Å². The van der Waals surface area contributed by atoms with Gasteiger partial charge in [0.2, 0.25) is 0 Å². The van der Waals surface area contributed by atoms with Gasteiger partial charge in [-0.25, -0.2) is 0 Å². The van der Waals surface area contributed by atoms with Crippen molar-refractivity contribution in [1.29, 1.82) is 0 Å². The summed E-state index contributed by atoms with van der Waals surface area (Å²) in [5, 5.41) is 0.281. The molecule has 6 nitrogen and oxygen atoms in total. The van der Waals surface area contributed by atoms with E-state index in [1.807, 2.05) is 0 Å². The summed E-state index contributed by atoms with van der Waals surface area (Å²) in [6.07, 6.45) is 0.182. The average molecular weight is 539 g/mol. The highest BCUT2D eigenvalue weighted by Gasteiger charge is 2.41. The molecule has 0 spiro atoms. The van der Waals surface area contributed by atoms with Crippen molar-refractivity contribution in [2.45, 2.75) is 12.8 Å². The Kier molecular flexibility index (Phi) is 4.60. The van der Waals surface area contributed by atoms with Gasteiger partial charge >= 0.3 is 0 Å². The molecule has 0 aliphatic heterocycles. The summed E-state index contributed by atoms with van der Waals surface area (Å²) in [5.74, 6) is -1.42. The number of fused-ring (bicyclic) bond motifs is 8. The molecular formula is C30H16Cl2N2O4. The van der Waals surface area contributed by atoms with Gasteiger partial charge in [-0.2, -0.15) is 0 Å². The molecule has 7 rings (SSSR count). The predicted octanol–water partition coefficient (Wildman–Crippen LogP) is 5.20. The first-order chi connectivity index (χ1) is 18.2. The van der Waals surface area contributed by atoms with Gasteiger partial charge in [0.15, 0.2) is 23.1 Å². The van der Waals surface area contributed by atoms with Gasteiger partial charge in [0.05, 0.1) is 32.5 Å². The molecule has 0 amide bonds. The maximum absolute atomic E-state index is 13.7. The number of benzene rings is 4. The van der Waals surface area contributed by atoms with Crippen molar-refractivity contribution in [2.24, 2.45) is 0 Å². The number of nitrogen functional groups attached to an aromatic ring is 2. The topological polar surface area (TPSA) is 120 Å². The second-order valence-electron chi connectivity index (χ2n) is 9.63. The molecule has 0 fully saturated rings. The van der Waals surface area contributed by atoms with E-state index in [-0.39, 0.29) is 102 Å². The lowest BCUT2D eigenvalue weighted by atomic mass is 9.71. The molecule has 3 aliphatic rings. The summed E-state index contributed by atoms with van der Waals surface area (Å²) in [6.45, 7) is 0. The Morgan fingerprint density at radius 1 is 0.474 bits per heavy atom. The van der Waals surface area contributed by atoms with Gasteiger partial charge in [-0.05, 0) is 22.3 Å².